The molecule has 7 nitrogen and oxygen atoms in total. The van der Waals surface area contributed by atoms with Crippen LogP contribution in [0.15, 0.2) is 383 Å². The number of nitrogens with zero attached hydrogens (tertiary/aromatic N) is 1. The van der Waals surface area contributed by atoms with Gasteiger partial charge in [-0.25, -0.2) is 0 Å². The summed E-state index contributed by atoms with van der Waals surface area (Å²) in [7, 11) is 0. The van der Waals surface area contributed by atoms with Gasteiger partial charge in [0.05, 0.1) is 26.6 Å². The summed E-state index contributed by atoms with van der Waals surface area (Å²) in [6, 6.07) is 122. The highest BCUT2D eigenvalue weighted by Crippen LogP contribution is 2.52. The van der Waals surface area contributed by atoms with Crippen molar-refractivity contribution >= 4 is 165 Å². The molecule has 0 bridgehead atoms. The second-order valence-corrected chi connectivity index (χ2v) is 27.4. The fraction of sp³-hybridized carbons (Fsp3) is 0.0204. The third-order valence-electron chi connectivity index (χ3n) is 20.4. The van der Waals surface area contributed by atoms with Crippen molar-refractivity contribution in [3.05, 3.63) is 367 Å². The van der Waals surface area contributed by atoms with Crippen molar-refractivity contribution in [3.8, 4) is 44.5 Å². The molecular weight excluding hydrogens is 1370 g/mol. The van der Waals surface area contributed by atoms with Crippen LogP contribution in [0.4, 0.5) is 17.1 Å². The van der Waals surface area contributed by atoms with E-state index in [-0.39, 0.29) is 7.43 Å². The van der Waals surface area contributed by atoms with Gasteiger partial charge in [0.15, 0.2) is 5.58 Å². The van der Waals surface area contributed by atoms with Gasteiger partial charge in [0.2, 0.25) is 0 Å². The van der Waals surface area contributed by atoms with Gasteiger partial charge in [0.25, 0.3) is 0 Å². The van der Waals surface area contributed by atoms with Crippen LogP contribution < -0.4 is 4.90 Å². The number of hydrogen-bond donors (Lipinski definition) is 0. The van der Waals surface area contributed by atoms with Gasteiger partial charge in [-0.2, -0.15) is 0 Å². The fourth-order valence-corrected chi connectivity index (χ4v) is 16.0. The molecule has 0 unspecified atom stereocenters. The smallest absolute Gasteiger partial charge is 0.160 e. The van der Waals surface area contributed by atoms with Crippen LogP contribution >= 0.6 is 15.9 Å². The summed E-state index contributed by atoms with van der Waals surface area (Å²) in [6.45, 7) is 0. The van der Waals surface area contributed by atoms with Gasteiger partial charge in [-0.1, -0.05) is 280 Å². The minimum absolute atomic E-state index is 0. The molecule has 106 heavy (non-hydrogen) atoms. The molecule has 0 aliphatic carbocycles. The molecule has 6 aromatic heterocycles. The van der Waals surface area contributed by atoms with Crippen molar-refractivity contribution in [2.75, 3.05) is 4.90 Å². The fourth-order valence-electron chi connectivity index (χ4n) is 15.6. The zero-order chi connectivity index (χ0) is 69.5. The molecule has 0 atom stereocenters. The molecular formula is C98H64BrNO6. The summed E-state index contributed by atoms with van der Waals surface area (Å²) in [6.07, 6.45) is 0.945. The highest BCUT2D eigenvalue weighted by molar-refractivity contribution is 9.10. The maximum absolute atomic E-state index is 6.93. The van der Waals surface area contributed by atoms with E-state index in [1.807, 2.05) is 78.9 Å². The van der Waals surface area contributed by atoms with Crippen LogP contribution in [-0.4, -0.2) is 0 Å². The highest BCUT2D eigenvalue weighted by atomic mass is 79.9. The first-order valence-corrected chi connectivity index (χ1v) is 36.0. The Morgan fingerprint density at radius 2 is 0.623 bits per heavy atom. The molecule has 0 saturated heterocycles. The number of rotatable bonds is 9. The first kappa shape index (κ1) is 63.5. The van der Waals surface area contributed by atoms with Crippen LogP contribution in [0.1, 0.15) is 18.6 Å². The molecule has 22 rings (SSSR count). The summed E-state index contributed by atoms with van der Waals surface area (Å²) in [5.41, 5.74) is 25.1. The van der Waals surface area contributed by atoms with Gasteiger partial charge in [0.1, 0.15) is 61.4 Å². The number of halogens is 1. The molecule has 0 spiro atoms. The maximum atomic E-state index is 6.93. The van der Waals surface area contributed by atoms with Crippen molar-refractivity contribution in [1.29, 1.82) is 0 Å². The maximum Gasteiger partial charge on any atom is 0.160 e. The molecule has 0 saturated carbocycles. The zero-order valence-electron chi connectivity index (χ0n) is 56.5. The van der Waals surface area contributed by atoms with E-state index in [4.69, 9.17) is 26.5 Å². The normalized spacial score (nSPS) is 11.6. The lowest BCUT2D eigenvalue weighted by Crippen LogP contribution is -2.11. The van der Waals surface area contributed by atoms with Crippen LogP contribution in [-0.2, 0) is 6.42 Å². The molecule has 6 heterocycles. The van der Waals surface area contributed by atoms with E-state index in [1.54, 1.807) is 0 Å². The lowest BCUT2D eigenvalue weighted by atomic mass is 9.94. The van der Waals surface area contributed by atoms with Crippen LogP contribution in [0.5, 0.6) is 0 Å². The Kier molecular flexibility index (Phi) is 15.8. The number of anilines is 3. The van der Waals surface area contributed by atoms with Crippen molar-refractivity contribution in [3.63, 3.8) is 0 Å². The van der Waals surface area contributed by atoms with Crippen LogP contribution in [0.2, 0.25) is 0 Å². The molecule has 16 aromatic carbocycles. The standard InChI is InChI=1S/C48H29NO3.C25H20.C24H11BrO3.CH4/c1-3-13-30(14-4-1)31-23-25-33(26-24-31)49(38-20-10-7-17-34(38)32-15-5-2-6-16-32)39-29-43-45(44-37-19-9-12-22-41(37)52-48(39)44)46-42(50-43)28-27-36-35-18-8-11-21-40(35)51-47(36)46;1-3-9-21(10-4-1)22-17-15-20(16-18-22)19-24-13-7-8-14-25(24)23-11-5-2-6-12-23;25-15-11-19-21(20-14-6-2-4-8-17(14)28-24(15)20)22-18(26-19)10-9-13-12-5-1-3-7-16(12)27-23(13)22;/h1-29H;1-18H,19H2;1-11H;1H4. The topological polar surface area (TPSA) is 82.1 Å². The molecule has 504 valence electrons. The minimum Gasteiger partial charge on any atom is -0.456 e. The van der Waals surface area contributed by atoms with Crippen LogP contribution in [0.25, 0.3) is 176 Å². The van der Waals surface area contributed by atoms with E-state index < -0.39 is 0 Å². The Balaban J connectivity index is 0.000000120. The average molecular weight is 1430 g/mol. The largest absolute Gasteiger partial charge is 0.456 e. The first-order valence-electron chi connectivity index (χ1n) is 35.2. The Labute approximate surface area is 617 Å². The summed E-state index contributed by atoms with van der Waals surface area (Å²) >= 11 is 3.65. The lowest BCUT2D eigenvalue weighted by Gasteiger charge is -2.28. The van der Waals surface area contributed by atoms with Gasteiger partial charge in [0, 0.05) is 71.2 Å². The molecule has 0 aliphatic rings. The van der Waals surface area contributed by atoms with Gasteiger partial charge in [-0.05, 0) is 145 Å². The third-order valence-corrected chi connectivity index (χ3v) is 21.0. The number of hydrogen-bond acceptors (Lipinski definition) is 7. The number of para-hydroxylation sites is 5. The first-order chi connectivity index (χ1) is 52.0. The van der Waals surface area contributed by atoms with Crippen molar-refractivity contribution in [2.45, 2.75) is 13.8 Å². The average Bonchev–Trinajstić information content (AvgIpc) is 1.55. The quantitative estimate of drug-likeness (QED) is 0.142. The van der Waals surface area contributed by atoms with Crippen molar-refractivity contribution in [1.82, 2.24) is 0 Å². The summed E-state index contributed by atoms with van der Waals surface area (Å²) in [5, 5.41) is 12.5. The molecule has 0 amide bonds. The van der Waals surface area contributed by atoms with Gasteiger partial charge < -0.3 is 31.4 Å². The highest BCUT2D eigenvalue weighted by Gasteiger charge is 2.29. The van der Waals surface area contributed by atoms with E-state index >= 15 is 0 Å². The third kappa shape index (κ3) is 10.9. The lowest BCUT2D eigenvalue weighted by molar-refractivity contribution is 0.659. The van der Waals surface area contributed by atoms with Crippen LogP contribution in [0, 0.1) is 0 Å². The zero-order valence-corrected chi connectivity index (χ0v) is 58.1. The molecule has 22 aromatic rings. The predicted octanol–water partition coefficient (Wildman–Crippen LogP) is 29.6. The van der Waals surface area contributed by atoms with E-state index in [9.17, 15) is 0 Å². The number of benzene rings is 16. The SMILES string of the molecule is Brc1cc2oc3ccc4c5ccccc5oc4c3c2c2c1oc1ccccc12.C.c1ccc(-c2ccc(Cc3ccccc3-c3ccccc3)cc2)cc1.c1ccc(-c2ccc(N(c3ccccc3-c3ccccc3)c3cc4oc5ccc6c7ccccc7oc6c5c4c4c3oc3ccccc34)cc2)cc1. The van der Waals surface area contributed by atoms with Gasteiger partial charge in [-0.3, -0.25) is 0 Å². The van der Waals surface area contributed by atoms with E-state index in [0.717, 1.165) is 176 Å². The molecule has 0 N–H and O–H groups in total. The van der Waals surface area contributed by atoms with Crippen molar-refractivity contribution in [2.24, 2.45) is 0 Å². The molecule has 8 heteroatoms. The molecule has 0 radical (unpaired) electrons. The molecule has 0 aliphatic heterocycles. The Morgan fingerprint density at radius 3 is 1.16 bits per heavy atom. The summed E-state index contributed by atoms with van der Waals surface area (Å²) in [5.74, 6) is 0. The minimum atomic E-state index is 0. The van der Waals surface area contributed by atoms with Crippen LogP contribution in [0.3, 0.4) is 0 Å². The Morgan fingerprint density at radius 1 is 0.236 bits per heavy atom. The second kappa shape index (κ2) is 26.5. The monoisotopic (exact) mass is 1430 g/mol. The number of furan rings is 6. The van der Waals surface area contributed by atoms with E-state index in [0.29, 0.717) is 0 Å². The van der Waals surface area contributed by atoms with Gasteiger partial charge in [-0.15, -0.1) is 0 Å². The summed E-state index contributed by atoms with van der Waals surface area (Å²) < 4.78 is 39.9. The summed E-state index contributed by atoms with van der Waals surface area (Å²) in [4.78, 5) is 2.31. The molecule has 0 fully saturated rings. The van der Waals surface area contributed by atoms with E-state index in [2.05, 4.69) is 294 Å². The van der Waals surface area contributed by atoms with Gasteiger partial charge >= 0.3 is 0 Å². The predicted molar refractivity (Wildman–Crippen MR) is 443 cm³/mol. The second-order valence-electron chi connectivity index (χ2n) is 26.5. The Hall–Kier alpha value is -13.4. The van der Waals surface area contributed by atoms with E-state index in [1.165, 1.54) is 38.9 Å². The van der Waals surface area contributed by atoms with Crippen molar-refractivity contribution < 1.29 is 26.5 Å². The Bertz CT molecular complexity index is 7050. The number of fused-ring (bicyclic) bond motifs is 22.